The van der Waals surface area contributed by atoms with Gasteiger partial charge in [-0.1, -0.05) is 13.0 Å². The Bertz CT molecular complexity index is 895. The average Bonchev–Trinajstić information content (AvgIpc) is 2.66. The summed E-state index contributed by atoms with van der Waals surface area (Å²) in [5, 5.41) is 11.6. The molecular weight excluding hydrogens is 358 g/mol. The van der Waals surface area contributed by atoms with E-state index in [1.165, 1.54) is 42.6 Å². The van der Waals surface area contributed by atoms with Crippen molar-refractivity contribution >= 4 is 21.8 Å². The van der Waals surface area contributed by atoms with Gasteiger partial charge in [0.15, 0.2) is 0 Å². The van der Waals surface area contributed by atoms with Crippen molar-refractivity contribution in [2.24, 2.45) is 0 Å². The molecule has 2 rings (SSSR count). The molecule has 138 valence electrons. The first-order valence-corrected chi connectivity index (χ1v) is 9.37. The highest BCUT2D eigenvalue weighted by molar-refractivity contribution is 7.90. The van der Waals surface area contributed by atoms with E-state index in [1.54, 1.807) is 0 Å². The molecule has 1 aromatic carbocycles. The number of nitrogens with one attached hydrogen (secondary N) is 2. The topological polar surface area (TPSA) is 125 Å². The SMILES string of the molecule is CCCNC(=O)c1cccc(S(=O)(=O)NC(=O)c2ccc(CO)nc2)c1. The summed E-state index contributed by atoms with van der Waals surface area (Å²) in [5.41, 5.74) is 0.570. The summed E-state index contributed by atoms with van der Waals surface area (Å²) >= 11 is 0. The summed E-state index contributed by atoms with van der Waals surface area (Å²) in [5.74, 6) is -1.25. The van der Waals surface area contributed by atoms with Crippen molar-refractivity contribution < 1.29 is 23.1 Å². The van der Waals surface area contributed by atoms with E-state index in [4.69, 9.17) is 5.11 Å². The minimum absolute atomic E-state index is 0.0302. The molecule has 0 saturated heterocycles. The quantitative estimate of drug-likeness (QED) is 0.656. The maximum Gasteiger partial charge on any atom is 0.266 e. The van der Waals surface area contributed by atoms with Crippen LogP contribution in [0.1, 0.15) is 39.8 Å². The fourth-order valence-corrected chi connectivity index (χ4v) is 3.06. The number of nitrogens with zero attached hydrogens (tertiary/aromatic N) is 1. The number of sulfonamides is 1. The molecule has 3 N–H and O–H groups in total. The smallest absolute Gasteiger partial charge is 0.266 e. The third kappa shape index (κ3) is 4.87. The Morgan fingerprint density at radius 3 is 2.50 bits per heavy atom. The zero-order valence-corrected chi connectivity index (χ0v) is 14.9. The molecular formula is C17H19N3O5S. The molecule has 2 amide bonds. The van der Waals surface area contributed by atoms with Crippen LogP contribution >= 0.6 is 0 Å². The van der Waals surface area contributed by atoms with E-state index in [1.807, 2.05) is 11.6 Å². The van der Waals surface area contributed by atoms with Crippen LogP contribution < -0.4 is 10.0 Å². The maximum absolute atomic E-state index is 12.4. The molecule has 9 heteroatoms. The van der Waals surface area contributed by atoms with Crippen LogP contribution in [-0.2, 0) is 16.6 Å². The monoisotopic (exact) mass is 377 g/mol. The normalized spacial score (nSPS) is 11.0. The standard InChI is InChI=1S/C17H19N3O5S/c1-2-8-18-16(22)12-4-3-5-15(9-12)26(24,25)20-17(23)13-6-7-14(11-21)19-10-13/h3-7,9-10,21H,2,8,11H2,1H3,(H,18,22)(H,20,23). The maximum atomic E-state index is 12.4. The van der Waals surface area contributed by atoms with Gasteiger partial charge in [-0.2, -0.15) is 0 Å². The largest absolute Gasteiger partial charge is 0.390 e. The highest BCUT2D eigenvalue weighted by Crippen LogP contribution is 2.12. The lowest BCUT2D eigenvalue weighted by Gasteiger charge is -2.09. The Hall–Kier alpha value is -2.78. The van der Waals surface area contributed by atoms with Gasteiger partial charge in [0.1, 0.15) is 0 Å². The zero-order chi connectivity index (χ0) is 19.2. The number of aromatic nitrogens is 1. The highest BCUT2D eigenvalue weighted by atomic mass is 32.2. The van der Waals surface area contributed by atoms with Gasteiger partial charge < -0.3 is 10.4 Å². The van der Waals surface area contributed by atoms with Gasteiger partial charge in [-0.3, -0.25) is 14.6 Å². The molecule has 0 spiro atoms. The second kappa shape index (κ2) is 8.54. The van der Waals surface area contributed by atoms with Crippen molar-refractivity contribution in [1.29, 1.82) is 0 Å². The van der Waals surface area contributed by atoms with Crippen molar-refractivity contribution in [3.05, 3.63) is 59.4 Å². The van der Waals surface area contributed by atoms with Crippen LogP contribution in [0.15, 0.2) is 47.5 Å². The Morgan fingerprint density at radius 2 is 1.88 bits per heavy atom. The second-order valence-corrected chi connectivity index (χ2v) is 7.10. The lowest BCUT2D eigenvalue weighted by molar-refractivity contribution is 0.0951. The van der Waals surface area contributed by atoms with Crippen molar-refractivity contribution in [2.45, 2.75) is 24.8 Å². The van der Waals surface area contributed by atoms with E-state index in [0.29, 0.717) is 12.2 Å². The van der Waals surface area contributed by atoms with Crippen LogP contribution in [0, 0.1) is 0 Å². The van der Waals surface area contributed by atoms with E-state index in [2.05, 4.69) is 10.3 Å². The molecule has 0 unspecified atom stereocenters. The van der Waals surface area contributed by atoms with E-state index < -0.39 is 15.9 Å². The van der Waals surface area contributed by atoms with Crippen LogP contribution in [0.3, 0.4) is 0 Å². The Kier molecular flexibility index (Phi) is 6.42. The van der Waals surface area contributed by atoms with E-state index in [9.17, 15) is 18.0 Å². The van der Waals surface area contributed by atoms with E-state index >= 15 is 0 Å². The fourth-order valence-electron chi connectivity index (χ4n) is 2.04. The van der Waals surface area contributed by atoms with Crippen molar-refractivity contribution in [1.82, 2.24) is 15.0 Å². The molecule has 2 aromatic rings. The van der Waals surface area contributed by atoms with Gasteiger partial charge in [0.2, 0.25) is 0 Å². The number of carbonyl (C=O) groups is 2. The van der Waals surface area contributed by atoms with Gasteiger partial charge in [0.05, 0.1) is 22.8 Å². The second-order valence-electron chi connectivity index (χ2n) is 5.41. The fraction of sp³-hybridized carbons (Fsp3) is 0.235. The first-order chi connectivity index (χ1) is 12.4. The zero-order valence-electron chi connectivity index (χ0n) is 14.1. The van der Waals surface area contributed by atoms with Crippen LogP contribution in [0.25, 0.3) is 0 Å². The molecule has 1 aromatic heterocycles. The molecule has 0 aliphatic heterocycles. The molecule has 0 aliphatic carbocycles. The predicted molar refractivity (Wildman–Crippen MR) is 93.9 cm³/mol. The van der Waals surface area contributed by atoms with E-state index in [-0.39, 0.29) is 28.5 Å². The number of hydrogen-bond acceptors (Lipinski definition) is 6. The molecule has 0 saturated carbocycles. The third-order valence-corrected chi connectivity index (χ3v) is 4.75. The van der Waals surface area contributed by atoms with Crippen LogP contribution in [0.5, 0.6) is 0 Å². The lowest BCUT2D eigenvalue weighted by Crippen LogP contribution is -2.31. The van der Waals surface area contributed by atoms with Gasteiger partial charge in [0.25, 0.3) is 21.8 Å². The van der Waals surface area contributed by atoms with Crippen LogP contribution in [0.4, 0.5) is 0 Å². The number of pyridine rings is 1. The van der Waals surface area contributed by atoms with Crippen molar-refractivity contribution in [3.8, 4) is 0 Å². The molecule has 0 fully saturated rings. The van der Waals surface area contributed by atoms with Gasteiger partial charge in [-0.25, -0.2) is 13.1 Å². The van der Waals surface area contributed by atoms with Gasteiger partial charge in [0, 0.05) is 18.3 Å². The number of benzene rings is 1. The van der Waals surface area contributed by atoms with Crippen LogP contribution in [0.2, 0.25) is 0 Å². The summed E-state index contributed by atoms with van der Waals surface area (Å²) in [6.07, 6.45) is 1.92. The average molecular weight is 377 g/mol. The number of rotatable bonds is 7. The summed E-state index contributed by atoms with van der Waals surface area (Å²) in [4.78, 5) is 27.7. The third-order valence-electron chi connectivity index (χ3n) is 3.42. The molecule has 8 nitrogen and oxygen atoms in total. The van der Waals surface area contributed by atoms with Gasteiger partial charge in [-0.15, -0.1) is 0 Å². The molecule has 0 aliphatic rings. The molecule has 0 radical (unpaired) electrons. The minimum atomic E-state index is -4.16. The molecule has 1 heterocycles. The summed E-state index contributed by atoms with van der Waals surface area (Å²) < 4.78 is 26.7. The molecule has 0 atom stereocenters. The van der Waals surface area contributed by atoms with Gasteiger partial charge in [-0.05, 0) is 36.8 Å². The summed E-state index contributed by atoms with van der Waals surface area (Å²) in [6, 6.07) is 8.19. The number of aliphatic hydroxyl groups is 1. The van der Waals surface area contributed by atoms with Crippen molar-refractivity contribution in [3.63, 3.8) is 0 Å². The number of carbonyl (C=O) groups excluding carboxylic acids is 2. The number of hydrogen-bond donors (Lipinski definition) is 3. The molecule has 26 heavy (non-hydrogen) atoms. The minimum Gasteiger partial charge on any atom is -0.390 e. The summed E-state index contributed by atoms with van der Waals surface area (Å²) in [6.45, 7) is 2.09. The first-order valence-electron chi connectivity index (χ1n) is 7.88. The lowest BCUT2D eigenvalue weighted by atomic mass is 10.2. The van der Waals surface area contributed by atoms with E-state index in [0.717, 1.165) is 6.42 Å². The first kappa shape index (κ1) is 19.5. The predicted octanol–water partition coefficient (Wildman–Crippen LogP) is 0.832. The van der Waals surface area contributed by atoms with Crippen LogP contribution in [-0.4, -0.2) is 36.9 Å². The van der Waals surface area contributed by atoms with Crippen molar-refractivity contribution in [2.75, 3.05) is 6.54 Å². The Labute approximate surface area is 151 Å². The Morgan fingerprint density at radius 1 is 1.12 bits per heavy atom. The highest BCUT2D eigenvalue weighted by Gasteiger charge is 2.20. The number of aliphatic hydroxyl groups excluding tert-OH is 1. The number of amides is 2. The summed E-state index contributed by atoms with van der Waals surface area (Å²) in [7, 11) is -4.16. The Balaban J connectivity index is 2.18. The van der Waals surface area contributed by atoms with Gasteiger partial charge >= 0.3 is 0 Å². The molecule has 0 bridgehead atoms.